The Morgan fingerprint density at radius 1 is 1.32 bits per heavy atom. The Hall–Kier alpha value is -2.11. The maximum Gasteiger partial charge on any atom is 0.246 e. The third-order valence-electron chi connectivity index (χ3n) is 5.19. The summed E-state index contributed by atoms with van der Waals surface area (Å²) in [4.78, 5) is 14.6. The van der Waals surface area contributed by atoms with Gasteiger partial charge in [-0.2, -0.15) is 5.10 Å². The lowest BCUT2D eigenvalue weighted by Gasteiger charge is -2.20. The van der Waals surface area contributed by atoms with Gasteiger partial charge in [0.25, 0.3) is 0 Å². The van der Waals surface area contributed by atoms with Crippen molar-refractivity contribution >= 4 is 23.6 Å². The quantitative estimate of drug-likeness (QED) is 0.510. The zero-order valence-corrected chi connectivity index (χ0v) is 17.3. The number of aromatic nitrogens is 2. The molecule has 0 unspecified atom stereocenters. The van der Waals surface area contributed by atoms with Crippen molar-refractivity contribution in [1.82, 2.24) is 14.7 Å². The third kappa shape index (κ3) is 5.03. The summed E-state index contributed by atoms with van der Waals surface area (Å²) in [6, 6.07) is 8.12. The van der Waals surface area contributed by atoms with Crippen LogP contribution in [0.15, 0.2) is 30.3 Å². The lowest BCUT2D eigenvalue weighted by Crippen LogP contribution is -2.32. The number of aliphatic hydroxyl groups excluding tert-OH is 1. The monoisotopic (exact) mass is 401 g/mol. The molecule has 28 heavy (non-hydrogen) atoms. The predicted octanol–water partition coefficient (Wildman–Crippen LogP) is 3.98. The molecule has 1 N–H and O–H groups in total. The number of carbonyl (C=O) groups excluding carboxylic acids is 1. The summed E-state index contributed by atoms with van der Waals surface area (Å²) >= 11 is 6.28. The van der Waals surface area contributed by atoms with Gasteiger partial charge in [0.05, 0.1) is 12.2 Å². The number of halogens is 1. The number of amides is 1. The van der Waals surface area contributed by atoms with Crippen LogP contribution in [0.2, 0.25) is 5.02 Å². The van der Waals surface area contributed by atoms with Gasteiger partial charge in [-0.1, -0.05) is 29.8 Å². The van der Waals surface area contributed by atoms with Crippen LogP contribution in [0.5, 0.6) is 0 Å². The van der Waals surface area contributed by atoms with E-state index in [4.69, 9.17) is 16.7 Å². The molecule has 1 aliphatic rings. The molecule has 1 aromatic carbocycles. The van der Waals surface area contributed by atoms with E-state index in [-0.39, 0.29) is 12.5 Å². The van der Waals surface area contributed by atoms with Crippen molar-refractivity contribution in [2.75, 3.05) is 13.2 Å². The number of carbonyl (C=O) groups is 1. The molecule has 1 heterocycles. The van der Waals surface area contributed by atoms with Crippen LogP contribution in [0.4, 0.5) is 0 Å². The first-order valence-corrected chi connectivity index (χ1v) is 10.3. The number of unbranched alkanes of at least 4 members (excludes halogenated alkanes) is 1. The second-order valence-corrected chi connectivity index (χ2v) is 7.77. The van der Waals surface area contributed by atoms with Gasteiger partial charge in [-0.05, 0) is 57.2 Å². The maximum atomic E-state index is 12.7. The lowest BCUT2D eigenvalue weighted by atomic mass is 10.1. The molecule has 1 aliphatic carbocycles. The highest BCUT2D eigenvalue weighted by atomic mass is 35.5. The smallest absolute Gasteiger partial charge is 0.246 e. The topological polar surface area (TPSA) is 58.4 Å². The summed E-state index contributed by atoms with van der Waals surface area (Å²) in [6.07, 6.45) is 7.26. The van der Waals surface area contributed by atoms with E-state index in [1.165, 1.54) is 0 Å². The number of aliphatic hydroxyl groups is 1. The second kappa shape index (κ2) is 9.39. The van der Waals surface area contributed by atoms with Crippen molar-refractivity contribution in [3.63, 3.8) is 0 Å². The molecule has 1 aromatic heterocycles. The van der Waals surface area contributed by atoms with Crippen molar-refractivity contribution in [3.8, 4) is 0 Å². The molecule has 0 bridgehead atoms. The standard InChI is InChI=1S/C22H28ClN3O2/c1-16-20(11-12-22(28)25(19-9-10-19)13-5-6-14-27)17(2)26(24-16)15-18-7-3-4-8-21(18)23/h3-4,7-8,11-12,19,27H,5-6,9-10,13-15H2,1-2H3. The summed E-state index contributed by atoms with van der Waals surface area (Å²) in [5.41, 5.74) is 3.91. The predicted molar refractivity (Wildman–Crippen MR) is 112 cm³/mol. The lowest BCUT2D eigenvalue weighted by molar-refractivity contribution is -0.126. The van der Waals surface area contributed by atoms with Gasteiger partial charge < -0.3 is 10.0 Å². The molecule has 6 heteroatoms. The second-order valence-electron chi connectivity index (χ2n) is 7.36. The Morgan fingerprint density at radius 3 is 2.75 bits per heavy atom. The van der Waals surface area contributed by atoms with Crippen molar-refractivity contribution in [2.45, 2.75) is 52.1 Å². The normalized spacial score (nSPS) is 14.0. The molecule has 2 aromatic rings. The summed E-state index contributed by atoms with van der Waals surface area (Å²) in [5.74, 6) is 0.0399. The van der Waals surface area contributed by atoms with Crippen molar-refractivity contribution in [2.24, 2.45) is 0 Å². The number of nitrogens with zero attached hydrogens (tertiary/aromatic N) is 3. The van der Waals surface area contributed by atoms with Gasteiger partial charge in [0.15, 0.2) is 0 Å². The van der Waals surface area contributed by atoms with Crippen LogP contribution in [0.25, 0.3) is 6.08 Å². The maximum absolute atomic E-state index is 12.7. The summed E-state index contributed by atoms with van der Waals surface area (Å²) in [6.45, 7) is 5.45. The molecule has 1 amide bonds. The number of benzene rings is 1. The third-order valence-corrected chi connectivity index (χ3v) is 5.55. The van der Waals surface area contributed by atoms with E-state index >= 15 is 0 Å². The number of hydrogen-bond acceptors (Lipinski definition) is 3. The molecule has 3 rings (SSSR count). The molecule has 1 saturated carbocycles. The zero-order valence-electron chi connectivity index (χ0n) is 16.6. The van der Waals surface area contributed by atoms with Gasteiger partial charge in [-0.25, -0.2) is 0 Å². The summed E-state index contributed by atoms with van der Waals surface area (Å²) in [5, 5.41) is 14.3. The first-order valence-electron chi connectivity index (χ1n) is 9.88. The summed E-state index contributed by atoms with van der Waals surface area (Å²) in [7, 11) is 0. The Kier molecular flexibility index (Phi) is 6.92. The molecular weight excluding hydrogens is 374 g/mol. The first kappa shape index (κ1) is 20.6. The van der Waals surface area contributed by atoms with Gasteiger partial charge in [0.2, 0.25) is 5.91 Å². The molecule has 1 fully saturated rings. The SMILES string of the molecule is Cc1nn(Cc2ccccc2Cl)c(C)c1C=CC(=O)N(CCCCO)C1CC1. The first-order chi connectivity index (χ1) is 13.5. The minimum absolute atomic E-state index is 0.0399. The molecule has 150 valence electrons. The Morgan fingerprint density at radius 2 is 2.07 bits per heavy atom. The fourth-order valence-electron chi connectivity index (χ4n) is 3.40. The molecule has 0 aliphatic heterocycles. The average molecular weight is 402 g/mol. The van der Waals surface area contributed by atoms with Crippen LogP contribution in [0, 0.1) is 13.8 Å². The van der Waals surface area contributed by atoms with Crippen LogP contribution in [-0.2, 0) is 11.3 Å². The van der Waals surface area contributed by atoms with Crippen molar-refractivity contribution in [3.05, 3.63) is 57.9 Å². The van der Waals surface area contributed by atoms with E-state index < -0.39 is 0 Å². The number of hydrogen-bond donors (Lipinski definition) is 1. The molecule has 0 spiro atoms. The molecule has 0 radical (unpaired) electrons. The average Bonchev–Trinajstić information content (AvgIpc) is 3.47. The number of rotatable bonds is 9. The van der Waals surface area contributed by atoms with Gasteiger partial charge in [0, 0.05) is 41.5 Å². The highest BCUT2D eigenvalue weighted by molar-refractivity contribution is 6.31. The van der Waals surface area contributed by atoms with Gasteiger partial charge in [-0.15, -0.1) is 0 Å². The Bertz CT molecular complexity index is 855. The molecule has 5 nitrogen and oxygen atoms in total. The fourth-order valence-corrected chi connectivity index (χ4v) is 3.59. The van der Waals surface area contributed by atoms with Crippen LogP contribution in [0.3, 0.4) is 0 Å². The van der Waals surface area contributed by atoms with E-state index in [2.05, 4.69) is 5.10 Å². The highest BCUT2D eigenvalue weighted by Gasteiger charge is 2.31. The summed E-state index contributed by atoms with van der Waals surface area (Å²) < 4.78 is 1.93. The van der Waals surface area contributed by atoms with E-state index in [0.717, 1.165) is 53.2 Å². The minimum atomic E-state index is 0.0399. The fraction of sp³-hybridized carbons (Fsp3) is 0.455. The van der Waals surface area contributed by atoms with Gasteiger partial charge in [0.1, 0.15) is 0 Å². The molecule has 0 atom stereocenters. The molecule has 0 saturated heterocycles. The largest absolute Gasteiger partial charge is 0.396 e. The van der Waals surface area contributed by atoms with E-state index in [9.17, 15) is 4.79 Å². The van der Waals surface area contributed by atoms with E-state index in [0.29, 0.717) is 19.1 Å². The van der Waals surface area contributed by atoms with Gasteiger partial charge in [-0.3, -0.25) is 9.48 Å². The highest BCUT2D eigenvalue weighted by Crippen LogP contribution is 2.28. The van der Waals surface area contributed by atoms with Crippen LogP contribution in [0.1, 0.15) is 48.2 Å². The van der Waals surface area contributed by atoms with Crippen LogP contribution in [-0.4, -0.2) is 44.9 Å². The number of aryl methyl sites for hydroxylation is 1. The van der Waals surface area contributed by atoms with Crippen molar-refractivity contribution < 1.29 is 9.90 Å². The Balaban J connectivity index is 1.72. The zero-order chi connectivity index (χ0) is 20.1. The van der Waals surface area contributed by atoms with Crippen molar-refractivity contribution in [1.29, 1.82) is 0 Å². The van der Waals surface area contributed by atoms with Gasteiger partial charge >= 0.3 is 0 Å². The van der Waals surface area contributed by atoms with E-state index in [1.54, 1.807) is 6.08 Å². The minimum Gasteiger partial charge on any atom is -0.396 e. The van der Waals surface area contributed by atoms with Crippen LogP contribution < -0.4 is 0 Å². The molecular formula is C22H28ClN3O2. The van der Waals surface area contributed by atoms with Crippen LogP contribution >= 0.6 is 11.6 Å². The van der Waals surface area contributed by atoms with E-state index in [1.807, 2.05) is 53.8 Å². The Labute approximate surface area is 171 Å².